The molecular formula is C42H62O6. The van der Waals surface area contributed by atoms with Crippen LogP contribution in [0.25, 0.3) is 0 Å². The smallest absolute Gasteiger partial charge is 0.162 e. The van der Waals surface area contributed by atoms with Crippen LogP contribution in [0.15, 0.2) is 23.7 Å². The Hall–Kier alpha value is -1.66. The quantitative estimate of drug-likeness (QED) is 0.103. The maximum absolute atomic E-state index is 13.4. The Balaban J connectivity index is 0.950. The fourth-order valence-electron chi connectivity index (χ4n) is 14.9. The number of carbonyl (C=O) groups excluding carboxylic acids is 2. The van der Waals surface area contributed by atoms with E-state index in [1.54, 1.807) is 12.5 Å². The first-order valence-electron chi connectivity index (χ1n) is 19.8. The van der Waals surface area contributed by atoms with Crippen molar-refractivity contribution in [3.8, 4) is 0 Å². The number of fused-ring (bicyclic) bond motifs is 10. The van der Waals surface area contributed by atoms with Crippen molar-refractivity contribution in [1.29, 1.82) is 0 Å². The summed E-state index contributed by atoms with van der Waals surface area (Å²) in [7, 11) is 0. The van der Waals surface area contributed by atoms with Crippen molar-refractivity contribution in [2.45, 2.75) is 155 Å². The first-order valence-corrected chi connectivity index (χ1v) is 19.8. The minimum Gasteiger partial charge on any atom is -0.390 e. The van der Waals surface area contributed by atoms with Gasteiger partial charge in [0, 0.05) is 24.0 Å². The molecular weight excluding hydrogens is 600 g/mol. The molecule has 8 aliphatic rings. The van der Waals surface area contributed by atoms with Crippen LogP contribution >= 0.6 is 0 Å². The van der Waals surface area contributed by atoms with Gasteiger partial charge >= 0.3 is 0 Å². The Morgan fingerprint density at radius 1 is 0.542 bits per heavy atom. The third kappa shape index (κ3) is 4.55. The highest BCUT2D eigenvalue weighted by Crippen LogP contribution is 2.70. The minimum atomic E-state index is -0.583. The molecule has 0 amide bonds. The van der Waals surface area contributed by atoms with Crippen LogP contribution in [0.3, 0.4) is 0 Å². The molecule has 0 aromatic carbocycles. The van der Waals surface area contributed by atoms with Gasteiger partial charge in [0.05, 0.1) is 11.2 Å². The van der Waals surface area contributed by atoms with E-state index in [0.717, 1.165) is 75.4 Å². The minimum absolute atomic E-state index is 0.00787. The number of aliphatic hydroxyl groups is 2. The molecule has 0 bridgehead atoms. The van der Waals surface area contributed by atoms with Crippen LogP contribution in [-0.2, 0) is 19.4 Å². The second-order valence-corrected chi connectivity index (χ2v) is 19.9. The summed E-state index contributed by atoms with van der Waals surface area (Å²) in [5, 5.41) is 22.6. The first kappa shape index (κ1) is 33.5. The number of rotatable bonds is 3. The summed E-state index contributed by atoms with van der Waals surface area (Å²) in [6.07, 6.45) is 18.6. The van der Waals surface area contributed by atoms with Crippen LogP contribution < -0.4 is 0 Å². The lowest BCUT2D eigenvalue weighted by Crippen LogP contribution is -2.56. The van der Waals surface area contributed by atoms with Gasteiger partial charge < -0.3 is 10.2 Å². The number of hydrogen-bond acceptors (Lipinski definition) is 6. The molecule has 0 heterocycles. The Kier molecular flexibility index (Phi) is 7.62. The van der Waals surface area contributed by atoms with Crippen molar-refractivity contribution in [1.82, 2.24) is 0 Å². The third-order valence-corrected chi connectivity index (χ3v) is 18.4. The highest BCUT2D eigenvalue weighted by atomic mass is 17.2. The number of carbonyl (C=O) groups is 2. The molecule has 8 saturated carbocycles. The summed E-state index contributed by atoms with van der Waals surface area (Å²) < 4.78 is 0. The SMILES string of the molecule is CC12C/C(=C/OO/C=C3/CC4(C)C(CCC5C4CCC4(C)C5CCC4(C)O)CC3=O)C(=O)CC1CCC1C2CCC2(C)C1CCC2(C)O. The molecule has 8 aliphatic carbocycles. The molecule has 14 atom stereocenters. The van der Waals surface area contributed by atoms with Gasteiger partial charge in [0.15, 0.2) is 11.6 Å². The van der Waals surface area contributed by atoms with Gasteiger partial charge in [0.2, 0.25) is 0 Å². The van der Waals surface area contributed by atoms with E-state index in [-0.39, 0.29) is 33.2 Å². The highest BCUT2D eigenvalue weighted by Gasteiger charge is 2.65. The number of hydrogen-bond donors (Lipinski definition) is 2. The zero-order valence-electron chi connectivity index (χ0n) is 30.6. The molecule has 48 heavy (non-hydrogen) atoms. The predicted molar refractivity (Wildman–Crippen MR) is 184 cm³/mol. The first-order chi connectivity index (χ1) is 22.5. The average molecular weight is 663 g/mol. The fraction of sp³-hybridized carbons (Fsp3) is 0.857. The Labute approximate surface area is 288 Å². The van der Waals surface area contributed by atoms with Gasteiger partial charge in [-0.3, -0.25) is 19.4 Å². The maximum Gasteiger partial charge on any atom is 0.162 e. The number of Topliss-reactive ketones (excluding diaryl/α,β-unsaturated/α-hetero) is 2. The Morgan fingerprint density at radius 2 is 0.917 bits per heavy atom. The maximum atomic E-state index is 13.4. The summed E-state index contributed by atoms with van der Waals surface area (Å²) in [6.45, 7) is 13.6. The van der Waals surface area contributed by atoms with Crippen LogP contribution in [-0.4, -0.2) is 33.0 Å². The standard InChI is InChI=1S/C42H62O6/c1-37-21-25(35(43)19-27(37)7-9-29-31(37)11-15-39(3)33(29)13-17-41(39,5)45)23-47-48-24-26-22-38(2)28(20-36(26)44)8-10-30-32(38)12-16-40(4)34(30)14-18-42(40,6)46/h23-24,27-34,45-46H,7-22H2,1-6H3/b25-23-,26-24-. The highest BCUT2D eigenvalue weighted by molar-refractivity contribution is 5.97. The van der Waals surface area contributed by atoms with Crippen LogP contribution in [0.5, 0.6) is 0 Å². The van der Waals surface area contributed by atoms with E-state index < -0.39 is 11.2 Å². The fourth-order valence-corrected chi connectivity index (χ4v) is 14.9. The largest absolute Gasteiger partial charge is 0.390 e. The van der Waals surface area contributed by atoms with Crippen LogP contribution in [0.1, 0.15) is 144 Å². The summed E-state index contributed by atoms with van der Waals surface area (Å²) in [5.74, 6) is 4.59. The van der Waals surface area contributed by atoms with Crippen molar-refractivity contribution >= 4 is 11.6 Å². The van der Waals surface area contributed by atoms with E-state index >= 15 is 0 Å². The zero-order valence-corrected chi connectivity index (χ0v) is 30.6. The Morgan fingerprint density at radius 3 is 1.31 bits per heavy atom. The molecule has 8 rings (SSSR count). The third-order valence-electron chi connectivity index (χ3n) is 18.4. The zero-order chi connectivity index (χ0) is 34.1. The lowest BCUT2D eigenvalue weighted by Gasteiger charge is -2.61. The van der Waals surface area contributed by atoms with Gasteiger partial charge in [-0.2, -0.15) is 0 Å². The van der Waals surface area contributed by atoms with Gasteiger partial charge in [-0.25, -0.2) is 0 Å². The van der Waals surface area contributed by atoms with Crippen LogP contribution in [0, 0.1) is 69.0 Å². The average Bonchev–Trinajstić information content (AvgIpc) is 3.42. The van der Waals surface area contributed by atoms with Crippen molar-refractivity contribution in [3.05, 3.63) is 23.7 Å². The van der Waals surface area contributed by atoms with Crippen molar-refractivity contribution < 1.29 is 29.6 Å². The van der Waals surface area contributed by atoms with E-state index in [1.165, 1.54) is 12.8 Å². The van der Waals surface area contributed by atoms with Crippen molar-refractivity contribution in [2.75, 3.05) is 0 Å². The van der Waals surface area contributed by atoms with Gasteiger partial charge in [-0.15, -0.1) is 0 Å². The molecule has 266 valence electrons. The monoisotopic (exact) mass is 662 g/mol. The molecule has 0 radical (unpaired) electrons. The normalized spacial score (nSPS) is 56.1. The predicted octanol–water partition coefficient (Wildman–Crippen LogP) is 8.65. The second-order valence-electron chi connectivity index (χ2n) is 19.9. The van der Waals surface area contributed by atoms with E-state index in [2.05, 4.69) is 41.5 Å². The summed E-state index contributed by atoms with van der Waals surface area (Å²) in [6, 6.07) is 0. The van der Waals surface area contributed by atoms with Crippen LogP contribution in [0.2, 0.25) is 0 Å². The van der Waals surface area contributed by atoms with E-state index in [0.29, 0.717) is 73.0 Å². The summed E-state index contributed by atoms with van der Waals surface area (Å²) >= 11 is 0. The number of allylic oxidation sites excluding steroid dienone is 2. The lowest BCUT2D eigenvalue weighted by molar-refractivity contribution is -0.200. The van der Waals surface area contributed by atoms with Gasteiger partial charge in [-0.1, -0.05) is 27.7 Å². The summed E-state index contributed by atoms with van der Waals surface area (Å²) in [5.41, 5.74) is 0.343. The van der Waals surface area contributed by atoms with Crippen LogP contribution in [0.4, 0.5) is 0 Å². The van der Waals surface area contributed by atoms with Gasteiger partial charge in [-0.05, 0) is 173 Å². The van der Waals surface area contributed by atoms with E-state index in [1.807, 2.05) is 0 Å². The molecule has 0 aromatic rings. The molecule has 0 saturated heterocycles. The molecule has 2 N–H and O–H groups in total. The topological polar surface area (TPSA) is 93.1 Å². The summed E-state index contributed by atoms with van der Waals surface area (Å²) in [4.78, 5) is 38.1. The molecule has 6 heteroatoms. The molecule has 0 spiro atoms. The molecule has 6 nitrogen and oxygen atoms in total. The van der Waals surface area contributed by atoms with Crippen molar-refractivity contribution in [2.24, 2.45) is 69.0 Å². The Bertz CT molecular complexity index is 1320. The molecule has 14 unspecified atom stereocenters. The molecule has 0 aromatic heterocycles. The molecule has 0 aliphatic heterocycles. The van der Waals surface area contributed by atoms with E-state index in [9.17, 15) is 19.8 Å². The van der Waals surface area contributed by atoms with Gasteiger partial charge in [0.25, 0.3) is 0 Å². The number of ketones is 2. The lowest BCUT2D eigenvalue weighted by atomic mass is 9.44. The van der Waals surface area contributed by atoms with E-state index in [4.69, 9.17) is 9.78 Å². The van der Waals surface area contributed by atoms with Gasteiger partial charge in [0.1, 0.15) is 12.5 Å². The molecule has 8 fully saturated rings. The second kappa shape index (κ2) is 10.9. The van der Waals surface area contributed by atoms with Crippen molar-refractivity contribution in [3.63, 3.8) is 0 Å².